The van der Waals surface area contributed by atoms with E-state index in [-0.39, 0.29) is 22.8 Å². The number of hydrogen-bond donors (Lipinski definition) is 2. The third kappa shape index (κ3) is 4.82. The zero-order valence-corrected chi connectivity index (χ0v) is 19.6. The van der Waals surface area contributed by atoms with Crippen LogP contribution in [0.15, 0.2) is 42.0 Å². The molecule has 2 N–H and O–H groups in total. The van der Waals surface area contributed by atoms with Gasteiger partial charge in [-0.25, -0.2) is 0 Å². The molecule has 33 heavy (non-hydrogen) atoms. The molecular formula is C26H31NO6. The summed E-state index contributed by atoms with van der Waals surface area (Å²) in [5.74, 6) is -0.712. The van der Waals surface area contributed by atoms with Crippen molar-refractivity contribution in [1.82, 2.24) is 4.90 Å². The number of ketones is 1. The van der Waals surface area contributed by atoms with Crippen LogP contribution in [0.25, 0.3) is 5.76 Å². The molecule has 1 heterocycles. The number of carbonyl (C=O) groups is 2. The number of aromatic hydroxyl groups is 1. The van der Waals surface area contributed by atoms with Crippen molar-refractivity contribution in [3.63, 3.8) is 0 Å². The molecule has 1 aliphatic heterocycles. The summed E-state index contributed by atoms with van der Waals surface area (Å²) in [7, 11) is 0. The Morgan fingerprint density at radius 1 is 1.00 bits per heavy atom. The summed E-state index contributed by atoms with van der Waals surface area (Å²) >= 11 is 0. The number of hydrogen-bond acceptors (Lipinski definition) is 6. The number of rotatable bonds is 9. The molecule has 176 valence electrons. The van der Waals surface area contributed by atoms with Gasteiger partial charge in [0.15, 0.2) is 11.5 Å². The van der Waals surface area contributed by atoms with Crippen LogP contribution in [-0.2, 0) is 9.59 Å². The van der Waals surface area contributed by atoms with E-state index in [2.05, 4.69) is 0 Å². The van der Waals surface area contributed by atoms with Gasteiger partial charge < -0.3 is 24.6 Å². The van der Waals surface area contributed by atoms with Crippen LogP contribution in [0.3, 0.4) is 0 Å². The highest BCUT2D eigenvalue weighted by molar-refractivity contribution is 6.46. The van der Waals surface area contributed by atoms with Gasteiger partial charge in [0.2, 0.25) is 0 Å². The first-order valence-corrected chi connectivity index (χ1v) is 11.3. The fraction of sp³-hybridized carbons (Fsp3) is 0.385. The number of benzene rings is 2. The first-order chi connectivity index (χ1) is 15.8. The number of carbonyl (C=O) groups excluding carboxylic acids is 2. The van der Waals surface area contributed by atoms with Gasteiger partial charge in [-0.3, -0.25) is 9.59 Å². The number of Topliss-reactive ketones (excluding diaryl/α,β-unsaturated/α-hetero) is 1. The number of aliphatic hydroxyl groups excluding tert-OH is 1. The van der Waals surface area contributed by atoms with Crippen LogP contribution in [0.4, 0.5) is 0 Å². The smallest absolute Gasteiger partial charge is 0.295 e. The van der Waals surface area contributed by atoms with Gasteiger partial charge >= 0.3 is 0 Å². The van der Waals surface area contributed by atoms with E-state index in [1.54, 1.807) is 37.3 Å². The van der Waals surface area contributed by atoms with Gasteiger partial charge in [-0.05, 0) is 68.1 Å². The summed E-state index contributed by atoms with van der Waals surface area (Å²) in [5, 5.41) is 21.3. The second-order valence-electron chi connectivity index (χ2n) is 7.98. The zero-order chi connectivity index (χ0) is 24.1. The Labute approximate surface area is 194 Å². The Bertz CT molecular complexity index is 1070. The minimum atomic E-state index is -0.791. The Morgan fingerprint density at radius 3 is 2.39 bits per heavy atom. The summed E-state index contributed by atoms with van der Waals surface area (Å²) in [6, 6.07) is 9.10. The molecule has 1 atom stereocenters. The largest absolute Gasteiger partial charge is 0.507 e. The highest BCUT2D eigenvalue weighted by Crippen LogP contribution is 2.42. The molecule has 0 spiro atoms. The molecule has 2 aromatic carbocycles. The highest BCUT2D eigenvalue weighted by atomic mass is 16.5. The molecular weight excluding hydrogens is 422 g/mol. The van der Waals surface area contributed by atoms with Gasteiger partial charge in [0.05, 0.1) is 24.8 Å². The number of nitrogens with zero attached hydrogens (tertiary/aromatic N) is 1. The lowest BCUT2D eigenvalue weighted by Crippen LogP contribution is -2.30. The Hall–Kier alpha value is -3.48. The quantitative estimate of drug-likeness (QED) is 0.324. The first-order valence-electron chi connectivity index (χ1n) is 11.3. The SMILES string of the molecule is CCCOc1ccc(/C(O)=C2/C(=O)C(=O)N(CCC)C2c2ccc(O)c(OCC)c2)cc1C. The first kappa shape index (κ1) is 24.2. The second-order valence-corrected chi connectivity index (χ2v) is 7.98. The third-order valence-corrected chi connectivity index (χ3v) is 5.51. The van der Waals surface area contributed by atoms with Crippen molar-refractivity contribution in [3.8, 4) is 17.2 Å². The maximum absolute atomic E-state index is 13.0. The number of aryl methyl sites for hydroxylation is 1. The van der Waals surface area contributed by atoms with Gasteiger partial charge in [0.1, 0.15) is 11.5 Å². The average molecular weight is 454 g/mol. The van der Waals surface area contributed by atoms with Crippen molar-refractivity contribution < 1.29 is 29.3 Å². The van der Waals surface area contributed by atoms with E-state index >= 15 is 0 Å². The fourth-order valence-electron chi connectivity index (χ4n) is 4.00. The number of phenolic OH excluding ortho intramolecular Hbond substituents is 1. The van der Waals surface area contributed by atoms with E-state index in [1.807, 2.05) is 20.8 Å². The number of amides is 1. The van der Waals surface area contributed by atoms with Crippen LogP contribution in [0.2, 0.25) is 0 Å². The molecule has 2 aromatic rings. The molecule has 3 rings (SSSR count). The van der Waals surface area contributed by atoms with Gasteiger partial charge in [0, 0.05) is 12.1 Å². The summed E-state index contributed by atoms with van der Waals surface area (Å²) in [6.07, 6.45) is 1.51. The van der Waals surface area contributed by atoms with Crippen molar-refractivity contribution in [3.05, 3.63) is 58.7 Å². The minimum Gasteiger partial charge on any atom is -0.507 e. The van der Waals surface area contributed by atoms with Gasteiger partial charge in [-0.15, -0.1) is 0 Å². The molecule has 0 bridgehead atoms. The zero-order valence-electron chi connectivity index (χ0n) is 19.6. The molecule has 0 aromatic heterocycles. The predicted molar refractivity (Wildman–Crippen MR) is 126 cm³/mol. The predicted octanol–water partition coefficient (Wildman–Crippen LogP) is 4.72. The molecule has 7 heteroatoms. The summed E-state index contributed by atoms with van der Waals surface area (Å²) in [4.78, 5) is 27.4. The molecule has 1 saturated heterocycles. The normalized spacial score (nSPS) is 17.5. The molecule has 0 saturated carbocycles. The Kier molecular flexibility index (Phi) is 7.63. The lowest BCUT2D eigenvalue weighted by Gasteiger charge is -2.25. The molecule has 1 fully saturated rings. The van der Waals surface area contributed by atoms with Crippen LogP contribution < -0.4 is 9.47 Å². The lowest BCUT2D eigenvalue weighted by molar-refractivity contribution is -0.139. The van der Waals surface area contributed by atoms with E-state index < -0.39 is 17.7 Å². The van der Waals surface area contributed by atoms with E-state index in [0.717, 1.165) is 12.0 Å². The second kappa shape index (κ2) is 10.4. The topological polar surface area (TPSA) is 96.3 Å². The van der Waals surface area contributed by atoms with Crippen LogP contribution >= 0.6 is 0 Å². The molecule has 1 aliphatic rings. The Morgan fingerprint density at radius 2 is 1.76 bits per heavy atom. The standard InChI is InChI=1S/C26H31NO6/c1-5-12-27-23(17-8-10-19(28)21(15-17)32-7-3)22(25(30)26(27)31)24(29)18-9-11-20(16(4)14-18)33-13-6-2/h8-11,14-15,23,28-29H,5-7,12-13H2,1-4H3/b24-22-. The summed E-state index contributed by atoms with van der Waals surface area (Å²) in [6.45, 7) is 8.87. The van der Waals surface area contributed by atoms with Crippen molar-refractivity contribution in [1.29, 1.82) is 0 Å². The van der Waals surface area contributed by atoms with Crippen LogP contribution in [-0.4, -0.2) is 46.6 Å². The van der Waals surface area contributed by atoms with Crippen molar-refractivity contribution >= 4 is 17.4 Å². The fourth-order valence-corrected chi connectivity index (χ4v) is 4.00. The number of ether oxygens (including phenoxy) is 2. The van der Waals surface area contributed by atoms with Crippen molar-refractivity contribution in [2.45, 2.75) is 46.6 Å². The van der Waals surface area contributed by atoms with Gasteiger partial charge in [-0.2, -0.15) is 0 Å². The number of phenols is 1. The summed E-state index contributed by atoms with van der Waals surface area (Å²) in [5.41, 5.74) is 1.84. The van der Waals surface area contributed by atoms with E-state index in [9.17, 15) is 19.8 Å². The van der Waals surface area contributed by atoms with Gasteiger partial charge in [0.25, 0.3) is 11.7 Å². The molecule has 0 radical (unpaired) electrons. The number of likely N-dealkylation sites (tertiary alicyclic amines) is 1. The number of aliphatic hydroxyl groups is 1. The Balaban J connectivity index is 2.14. The highest BCUT2D eigenvalue weighted by Gasteiger charge is 2.45. The monoisotopic (exact) mass is 453 g/mol. The maximum Gasteiger partial charge on any atom is 0.295 e. The van der Waals surface area contributed by atoms with Crippen molar-refractivity contribution in [2.75, 3.05) is 19.8 Å². The van der Waals surface area contributed by atoms with E-state index in [0.29, 0.717) is 43.1 Å². The molecule has 7 nitrogen and oxygen atoms in total. The van der Waals surface area contributed by atoms with Crippen LogP contribution in [0, 0.1) is 6.92 Å². The summed E-state index contributed by atoms with van der Waals surface area (Å²) < 4.78 is 11.2. The van der Waals surface area contributed by atoms with Crippen LogP contribution in [0.1, 0.15) is 56.3 Å². The van der Waals surface area contributed by atoms with Gasteiger partial charge in [-0.1, -0.05) is 19.9 Å². The average Bonchev–Trinajstić information content (AvgIpc) is 3.04. The lowest BCUT2D eigenvalue weighted by atomic mass is 9.94. The van der Waals surface area contributed by atoms with E-state index in [4.69, 9.17) is 9.47 Å². The maximum atomic E-state index is 13.0. The third-order valence-electron chi connectivity index (χ3n) is 5.51. The molecule has 1 unspecified atom stereocenters. The molecule has 0 aliphatic carbocycles. The molecule has 1 amide bonds. The van der Waals surface area contributed by atoms with Crippen molar-refractivity contribution in [2.24, 2.45) is 0 Å². The van der Waals surface area contributed by atoms with Crippen LogP contribution in [0.5, 0.6) is 17.2 Å². The van der Waals surface area contributed by atoms with E-state index in [1.165, 1.54) is 11.0 Å². The minimum absolute atomic E-state index is 0.0169.